The van der Waals surface area contributed by atoms with Crippen LogP contribution in [0.3, 0.4) is 0 Å². The molecule has 5 nitrogen and oxygen atoms in total. The summed E-state index contributed by atoms with van der Waals surface area (Å²) in [5.41, 5.74) is 5.48. The van der Waals surface area contributed by atoms with Gasteiger partial charge in [-0.05, 0) is 31.6 Å². The number of sulfonamides is 1. The Morgan fingerprint density at radius 1 is 1.40 bits per heavy atom. The Bertz CT molecular complexity index is 540. The van der Waals surface area contributed by atoms with Crippen molar-refractivity contribution in [2.45, 2.75) is 24.5 Å². The van der Waals surface area contributed by atoms with Crippen LogP contribution in [-0.4, -0.2) is 44.5 Å². The molecule has 0 aromatic carbocycles. The predicted octanol–water partition coefficient (Wildman–Crippen LogP) is 1.39. The summed E-state index contributed by atoms with van der Waals surface area (Å²) >= 11 is 5.92. The molecule has 114 valence electrons. The smallest absolute Gasteiger partial charge is 0.250 e. The first kappa shape index (κ1) is 17.5. The fraction of sp³-hybridized carbons (Fsp3) is 0.583. The molecule has 0 saturated carbocycles. The monoisotopic (exact) mass is 335 g/mol. The molecule has 1 aromatic rings. The van der Waals surface area contributed by atoms with Gasteiger partial charge in [0.25, 0.3) is 0 Å². The van der Waals surface area contributed by atoms with Gasteiger partial charge in [-0.15, -0.1) is 11.3 Å². The van der Waals surface area contributed by atoms with E-state index in [1.165, 1.54) is 6.07 Å². The lowest BCUT2D eigenvalue weighted by atomic mass is 10.4. The number of hydrogen-bond acceptors (Lipinski definition) is 5. The lowest BCUT2D eigenvalue weighted by Crippen LogP contribution is -2.35. The molecule has 0 atom stereocenters. The highest BCUT2D eigenvalue weighted by Crippen LogP contribution is 2.21. The number of nitrogens with two attached hydrogens (primary N) is 1. The molecule has 0 aliphatic carbocycles. The molecule has 0 amide bonds. The van der Waals surface area contributed by atoms with Crippen LogP contribution in [0.1, 0.15) is 25.1 Å². The molecule has 0 saturated heterocycles. The lowest BCUT2D eigenvalue weighted by molar-refractivity contribution is 0.293. The molecule has 0 fully saturated rings. The van der Waals surface area contributed by atoms with Crippen LogP contribution < -0.4 is 10.5 Å². The van der Waals surface area contributed by atoms with Crippen molar-refractivity contribution in [3.63, 3.8) is 0 Å². The van der Waals surface area contributed by atoms with Gasteiger partial charge in [0.05, 0.1) is 4.88 Å². The van der Waals surface area contributed by atoms with Gasteiger partial charge >= 0.3 is 0 Å². The molecule has 0 bridgehead atoms. The van der Waals surface area contributed by atoms with Gasteiger partial charge in [0, 0.05) is 13.1 Å². The van der Waals surface area contributed by atoms with Gasteiger partial charge in [-0.25, -0.2) is 13.1 Å². The van der Waals surface area contributed by atoms with Crippen LogP contribution >= 0.6 is 23.6 Å². The highest BCUT2D eigenvalue weighted by atomic mass is 32.2. The SMILES string of the molecule is CCCN(CC)CCNS(=O)(=O)c1ccc(C(N)=S)s1. The molecule has 1 rings (SSSR count). The van der Waals surface area contributed by atoms with Crippen LogP contribution in [0.25, 0.3) is 0 Å². The van der Waals surface area contributed by atoms with Crippen molar-refractivity contribution in [2.75, 3.05) is 26.2 Å². The standard InChI is InChI=1S/C12H21N3O2S3/c1-3-8-15(4-2)9-7-14-20(16,17)11-6-5-10(19-11)12(13)18/h5-6,14H,3-4,7-9H2,1-2H3,(H2,13,18). The topological polar surface area (TPSA) is 75.4 Å². The van der Waals surface area contributed by atoms with E-state index in [4.69, 9.17) is 18.0 Å². The zero-order valence-corrected chi connectivity index (χ0v) is 14.2. The summed E-state index contributed by atoms with van der Waals surface area (Å²) in [7, 11) is -3.47. The normalized spacial score (nSPS) is 11.9. The van der Waals surface area contributed by atoms with Gasteiger partial charge in [-0.2, -0.15) is 0 Å². The number of hydrogen-bond donors (Lipinski definition) is 2. The van der Waals surface area contributed by atoms with Crippen molar-refractivity contribution in [3.05, 3.63) is 17.0 Å². The molecule has 0 aliphatic heterocycles. The van der Waals surface area contributed by atoms with E-state index in [-0.39, 0.29) is 9.20 Å². The zero-order chi connectivity index (χ0) is 15.2. The first-order valence-electron chi connectivity index (χ1n) is 6.52. The van der Waals surface area contributed by atoms with Gasteiger partial charge in [-0.1, -0.05) is 26.1 Å². The van der Waals surface area contributed by atoms with Crippen LogP contribution in [0.5, 0.6) is 0 Å². The zero-order valence-electron chi connectivity index (χ0n) is 11.8. The molecule has 3 N–H and O–H groups in total. The number of rotatable bonds is 9. The third-order valence-corrected chi connectivity index (χ3v) is 6.22. The van der Waals surface area contributed by atoms with Crippen LogP contribution in [0.15, 0.2) is 16.3 Å². The Morgan fingerprint density at radius 3 is 2.60 bits per heavy atom. The molecule has 0 spiro atoms. The van der Waals surface area contributed by atoms with Crippen molar-refractivity contribution in [2.24, 2.45) is 5.73 Å². The summed E-state index contributed by atoms with van der Waals surface area (Å²) in [5, 5.41) is 0. The Morgan fingerprint density at radius 2 is 2.10 bits per heavy atom. The highest BCUT2D eigenvalue weighted by molar-refractivity contribution is 7.91. The van der Waals surface area contributed by atoms with E-state index in [0.29, 0.717) is 18.0 Å². The number of likely N-dealkylation sites (N-methyl/N-ethyl adjacent to an activating group) is 1. The fourth-order valence-corrected chi connectivity index (χ4v) is 4.17. The van der Waals surface area contributed by atoms with E-state index in [2.05, 4.69) is 23.5 Å². The van der Waals surface area contributed by atoms with Gasteiger partial charge in [0.15, 0.2) is 0 Å². The molecule has 0 radical (unpaired) electrons. The minimum atomic E-state index is -3.47. The highest BCUT2D eigenvalue weighted by Gasteiger charge is 2.17. The summed E-state index contributed by atoms with van der Waals surface area (Å²) in [4.78, 5) is 3.04. The van der Waals surface area contributed by atoms with Crippen LogP contribution in [0.2, 0.25) is 0 Å². The number of nitrogens with one attached hydrogen (secondary N) is 1. The van der Waals surface area contributed by atoms with Crippen molar-refractivity contribution < 1.29 is 8.42 Å². The third-order valence-electron chi connectivity index (χ3n) is 2.80. The summed E-state index contributed by atoms with van der Waals surface area (Å²) in [5.74, 6) is 0. The van der Waals surface area contributed by atoms with Crippen molar-refractivity contribution in [1.29, 1.82) is 0 Å². The Kier molecular flexibility index (Phi) is 7.04. The molecule has 1 heterocycles. The molecule has 8 heteroatoms. The van der Waals surface area contributed by atoms with Crippen LogP contribution in [0.4, 0.5) is 0 Å². The largest absolute Gasteiger partial charge is 0.389 e. The maximum Gasteiger partial charge on any atom is 0.250 e. The molecular weight excluding hydrogens is 314 g/mol. The molecular formula is C12H21N3O2S3. The van der Waals surface area contributed by atoms with Crippen molar-refractivity contribution in [3.8, 4) is 0 Å². The first-order valence-corrected chi connectivity index (χ1v) is 9.23. The van der Waals surface area contributed by atoms with E-state index in [9.17, 15) is 8.42 Å². The Hall–Kier alpha value is -0.540. The predicted molar refractivity (Wildman–Crippen MR) is 87.8 cm³/mol. The maximum absolute atomic E-state index is 12.1. The van der Waals surface area contributed by atoms with Crippen LogP contribution in [0, 0.1) is 0 Å². The summed E-state index contributed by atoms with van der Waals surface area (Å²) in [6.07, 6.45) is 1.06. The average molecular weight is 336 g/mol. The van der Waals surface area contributed by atoms with E-state index in [1.807, 2.05) is 0 Å². The molecule has 20 heavy (non-hydrogen) atoms. The van der Waals surface area contributed by atoms with Crippen molar-refractivity contribution in [1.82, 2.24) is 9.62 Å². The second-order valence-electron chi connectivity index (χ2n) is 4.31. The molecule has 0 unspecified atom stereocenters. The van der Waals surface area contributed by atoms with E-state index in [0.717, 1.165) is 30.8 Å². The van der Waals surface area contributed by atoms with Gasteiger partial charge < -0.3 is 10.6 Å². The maximum atomic E-state index is 12.1. The van der Waals surface area contributed by atoms with E-state index >= 15 is 0 Å². The number of nitrogens with zero attached hydrogens (tertiary/aromatic N) is 1. The lowest BCUT2D eigenvalue weighted by Gasteiger charge is -2.19. The quantitative estimate of drug-likeness (QED) is 0.667. The van der Waals surface area contributed by atoms with Crippen molar-refractivity contribution >= 4 is 38.6 Å². The summed E-state index contributed by atoms with van der Waals surface area (Å²) in [6, 6.07) is 3.17. The minimum Gasteiger partial charge on any atom is -0.389 e. The number of thiophene rings is 1. The molecule has 1 aromatic heterocycles. The van der Waals surface area contributed by atoms with Gasteiger partial charge in [0.2, 0.25) is 10.0 Å². The average Bonchev–Trinajstić information content (AvgIpc) is 2.88. The second kappa shape index (κ2) is 8.04. The Balaban J connectivity index is 2.58. The first-order chi connectivity index (χ1) is 9.40. The van der Waals surface area contributed by atoms with E-state index in [1.54, 1.807) is 6.07 Å². The fourth-order valence-electron chi connectivity index (χ4n) is 1.75. The second-order valence-corrected chi connectivity index (χ2v) is 7.83. The Labute approximate surface area is 130 Å². The minimum absolute atomic E-state index is 0.219. The third kappa shape index (κ3) is 5.10. The summed E-state index contributed by atoms with van der Waals surface area (Å²) in [6.45, 7) is 7.17. The van der Waals surface area contributed by atoms with Gasteiger partial charge in [-0.3, -0.25) is 0 Å². The van der Waals surface area contributed by atoms with Gasteiger partial charge in [0.1, 0.15) is 9.20 Å². The number of thiocarbonyl (C=S) groups is 1. The van der Waals surface area contributed by atoms with Crippen LogP contribution in [-0.2, 0) is 10.0 Å². The summed E-state index contributed by atoms with van der Waals surface area (Å²) < 4.78 is 27.0. The van der Waals surface area contributed by atoms with E-state index < -0.39 is 10.0 Å². The molecule has 0 aliphatic rings.